The first-order chi connectivity index (χ1) is 18.2. The van der Waals surface area contributed by atoms with Gasteiger partial charge in [0.05, 0.1) is 22.5 Å². The summed E-state index contributed by atoms with van der Waals surface area (Å²) in [4.78, 5) is 13.4. The molecule has 4 aromatic heterocycles. The fourth-order valence-corrected chi connectivity index (χ4v) is 6.48. The van der Waals surface area contributed by atoms with Gasteiger partial charge < -0.3 is 20.6 Å². The van der Waals surface area contributed by atoms with Gasteiger partial charge in [0, 0.05) is 54.0 Å². The van der Waals surface area contributed by atoms with Gasteiger partial charge in [-0.3, -0.25) is 9.78 Å². The molecule has 0 radical (unpaired) electrons. The van der Waals surface area contributed by atoms with Gasteiger partial charge in [0.15, 0.2) is 11.6 Å². The van der Waals surface area contributed by atoms with E-state index in [1.165, 1.54) is 18.5 Å². The van der Waals surface area contributed by atoms with Crippen LogP contribution in [0.4, 0.5) is 17.6 Å². The molecule has 10 nitrogen and oxygen atoms in total. The Morgan fingerprint density at radius 2 is 1.89 bits per heavy atom. The molecule has 4 N–H and O–H groups in total. The Hall–Kier alpha value is -3.02. The van der Waals surface area contributed by atoms with E-state index in [0.29, 0.717) is 17.9 Å². The van der Waals surface area contributed by atoms with Gasteiger partial charge in [-0.15, -0.1) is 11.3 Å². The van der Waals surface area contributed by atoms with Crippen molar-refractivity contribution < 1.29 is 5.11 Å². The average Bonchev–Trinajstić information content (AvgIpc) is 3.31. The Kier molecular flexibility index (Phi) is 6.06. The molecule has 0 atom stereocenters. The lowest BCUT2D eigenvalue weighted by Crippen LogP contribution is -2.35. The van der Waals surface area contributed by atoms with Crippen molar-refractivity contribution in [2.45, 2.75) is 50.5 Å². The summed E-state index contributed by atoms with van der Waals surface area (Å²) in [6, 6.07) is 4.73. The van der Waals surface area contributed by atoms with Crippen molar-refractivity contribution in [1.29, 1.82) is 0 Å². The minimum atomic E-state index is 0.252. The molecule has 7 rings (SSSR count). The third-order valence-electron chi connectivity index (χ3n) is 7.95. The summed E-state index contributed by atoms with van der Waals surface area (Å²) >= 11 is 1.70. The summed E-state index contributed by atoms with van der Waals surface area (Å²) in [7, 11) is 0. The molecule has 11 heteroatoms. The molecule has 3 aliphatic rings. The predicted molar refractivity (Wildman–Crippen MR) is 146 cm³/mol. The van der Waals surface area contributed by atoms with Crippen molar-refractivity contribution >= 4 is 39.1 Å². The zero-order valence-electron chi connectivity index (χ0n) is 20.9. The fourth-order valence-electron chi connectivity index (χ4n) is 5.46. The first-order valence-electron chi connectivity index (χ1n) is 13.5. The smallest absolute Gasteiger partial charge is 0.227 e. The van der Waals surface area contributed by atoms with E-state index in [4.69, 9.17) is 15.1 Å². The summed E-state index contributed by atoms with van der Waals surface area (Å²) in [6.07, 6.45) is 10.7. The molecular weight excluding hydrogens is 486 g/mol. The quantitative estimate of drug-likeness (QED) is 0.289. The number of H-pyrrole nitrogens is 1. The Balaban J connectivity index is 1.22. The van der Waals surface area contributed by atoms with Gasteiger partial charge >= 0.3 is 0 Å². The van der Waals surface area contributed by atoms with Crippen LogP contribution in [-0.4, -0.2) is 67.8 Å². The first-order valence-corrected chi connectivity index (χ1v) is 14.3. The van der Waals surface area contributed by atoms with E-state index in [2.05, 4.69) is 48.7 Å². The minimum Gasteiger partial charge on any atom is -0.396 e. The van der Waals surface area contributed by atoms with Gasteiger partial charge in [0.25, 0.3) is 0 Å². The highest BCUT2D eigenvalue weighted by atomic mass is 32.1. The molecule has 0 bridgehead atoms. The van der Waals surface area contributed by atoms with Gasteiger partial charge in [-0.2, -0.15) is 15.2 Å². The highest BCUT2D eigenvalue weighted by Crippen LogP contribution is 2.41. The van der Waals surface area contributed by atoms with Gasteiger partial charge in [-0.05, 0) is 63.6 Å². The van der Waals surface area contributed by atoms with E-state index in [-0.39, 0.29) is 6.61 Å². The van der Waals surface area contributed by atoms with Crippen LogP contribution >= 0.6 is 11.3 Å². The minimum absolute atomic E-state index is 0.252. The molecule has 194 valence electrons. The second kappa shape index (κ2) is 9.70. The maximum Gasteiger partial charge on any atom is 0.227 e. The van der Waals surface area contributed by atoms with E-state index < -0.39 is 0 Å². The molecule has 0 spiro atoms. The van der Waals surface area contributed by atoms with E-state index in [1.54, 1.807) is 11.3 Å². The predicted octanol–water partition coefficient (Wildman–Crippen LogP) is 4.03. The van der Waals surface area contributed by atoms with Crippen LogP contribution < -0.4 is 15.5 Å². The number of anilines is 3. The van der Waals surface area contributed by atoms with E-state index >= 15 is 0 Å². The SMILES string of the molecule is OCC1CCN(c2nc(Nc3cc(C4CC4)[nH]n3)c3sc(-c4cnn(C5CCNCC5)c4)cc3n2)CC1. The van der Waals surface area contributed by atoms with Crippen molar-refractivity contribution in [2.75, 3.05) is 43.0 Å². The van der Waals surface area contributed by atoms with Crippen molar-refractivity contribution in [3.63, 3.8) is 0 Å². The zero-order valence-corrected chi connectivity index (χ0v) is 21.7. The van der Waals surface area contributed by atoms with Gasteiger partial charge in [-0.25, -0.2) is 4.98 Å². The largest absolute Gasteiger partial charge is 0.396 e. The van der Waals surface area contributed by atoms with Gasteiger partial charge in [-0.1, -0.05) is 0 Å². The van der Waals surface area contributed by atoms with Crippen LogP contribution in [0.1, 0.15) is 56.2 Å². The Morgan fingerprint density at radius 3 is 2.68 bits per heavy atom. The molecule has 4 aromatic rings. The number of hydrogen-bond donors (Lipinski definition) is 4. The highest BCUT2D eigenvalue weighted by molar-refractivity contribution is 7.22. The number of thiophene rings is 1. The maximum atomic E-state index is 9.56. The second-order valence-electron chi connectivity index (χ2n) is 10.6. The molecule has 1 saturated carbocycles. The number of aliphatic hydroxyl groups is 1. The van der Waals surface area contributed by atoms with E-state index in [0.717, 1.165) is 90.1 Å². The van der Waals surface area contributed by atoms with Crippen LogP contribution in [0.3, 0.4) is 0 Å². The number of hydrogen-bond acceptors (Lipinski definition) is 9. The molecular formula is C26H33N9OS. The molecule has 0 unspecified atom stereocenters. The summed E-state index contributed by atoms with van der Waals surface area (Å²) < 4.78 is 3.15. The number of aromatic amines is 1. The standard InChI is InChI=1S/C26H33N9OS/c36-15-16-5-9-34(10-6-16)26-29-21-11-22(18-13-28-35(14-18)19-3-7-27-8-4-19)37-24(21)25(31-26)30-23-12-20(32-33-23)17-1-2-17/h11-14,16-17,19,27,36H,1-10,15H2,(H2,29,30,31,32,33). The second-order valence-corrected chi connectivity index (χ2v) is 11.7. The summed E-state index contributed by atoms with van der Waals surface area (Å²) in [5.74, 6) is 3.30. The third-order valence-corrected chi connectivity index (χ3v) is 9.13. The Morgan fingerprint density at radius 1 is 1.05 bits per heavy atom. The van der Waals surface area contributed by atoms with Gasteiger partial charge in [0.1, 0.15) is 0 Å². The normalized spacial score (nSPS) is 19.6. The van der Waals surface area contributed by atoms with Gasteiger partial charge in [0.2, 0.25) is 5.95 Å². The number of piperidine rings is 2. The van der Waals surface area contributed by atoms with Crippen LogP contribution in [0.25, 0.3) is 20.7 Å². The Bertz CT molecular complexity index is 1380. The lowest BCUT2D eigenvalue weighted by Gasteiger charge is -2.31. The molecule has 37 heavy (non-hydrogen) atoms. The van der Waals surface area contributed by atoms with Crippen molar-refractivity contribution in [3.8, 4) is 10.4 Å². The molecule has 2 aliphatic heterocycles. The van der Waals surface area contributed by atoms with Crippen molar-refractivity contribution in [2.24, 2.45) is 5.92 Å². The van der Waals surface area contributed by atoms with Crippen molar-refractivity contribution in [1.82, 2.24) is 35.3 Å². The zero-order chi connectivity index (χ0) is 24.8. The lowest BCUT2D eigenvalue weighted by molar-refractivity contribution is 0.202. The number of fused-ring (bicyclic) bond motifs is 1. The number of nitrogens with zero attached hydrogens (tertiary/aromatic N) is 6. The van der Waals surface area contributed by atoms with Crippen molar-refractivity contribution in [3.05, 3.63) is 30.2 Å². The average molecular weight is 520 g/mol. The Labute approximate surface area is 219 Å². The fraction of sp³-hybridized carbons (Fsp3) is 0.538. The topological polar surface area (TPSA) is 120 Å². The molecule has 1 aliphatic carbocycles. The summed E-state index contributed by atoms with van der Waals surface area (Å²) in [5, 5.41) is 28.9. The molecule has 6 heterocycles. The summed E-state index contributed by atoms with van der Waals surface area (Å²) in [5.41, 5.74) is 3.24. The van der Waals surface area contributed by atoms with Crippen LogP contribution in [0, 0.1) is 5.92 Å². The third kappa shape index (κ3) is 4.71. The molecule has 0 aromatic carbocycles. The van der Waals surface area contributed by atoms with Crippen LogP contribution in [0.2, 0.25) is 0 Å². The first kappa shape index (κ1) is 23.1. The molecule has 0 amide bonds. The van der Waals surface area contributed by atoms with Crippen LogP contribution in [0.15, 0.2) is 24.5 Å². The molecule has 3 fully saturated rings. The lowest BCUT2D eigenvalue weighted by atomic mass is 9.98. The number of nitrogens with one attached hydrogen (secondary N) is 3. The number of aromatic nitrogens is 6. The van der Waals surface area contributed by atoms with Crippen LogP contribution in [-0.2, 0) is 0 Å². The maximum absolute atomic E-state index is 9.56. The van der Waals surface area contributed by atoms with E-state index in [9.17, 15) is 5.11 Å². The van der Waals surface area contributed by atoms with Crippen LogP contribution in [0.5, 0.6) is 0 Å². The monoisotopic (exact) mass is 519 g/mol. The van der Waals surface area contributed by atoms with E-state index in [1.807, 2.05) is 6.20 Å². The number of rotatable bonds is 7. The molecule has 2 saturated heterocycles. The highest BCUT2D eigenvalue weighted by Gasteiger charge is 2.27. The summed E-state index contributed by atoms with van der Waals surface area (Å²) in [6.45, 7) is 4.04. The number of aliphatic hydroxyl groups excluding tert-OH is 1.